The van der Waals surface area contributed by atoms with Crippen molar-refractivity contribution in [2.45, 2.75) is 44.4 Å². The normalized spacial score (nSPS) is 12.5. The van der Waals surface area contributed by atoms with Crippen molar-refractivity contribution in [3.05, 3.63) is 47.2 Å². The molecule has 0 saturated heterocycles. The number of benzene rings is 1. The van der Waals surface area contributed by atoms with Gasteiger partial charge in [0.15, 0.2) is 5.65 Å². The van der Waals surface area contributed by atoms with Crippen LogP contribution in [0, 0.1) is 12.3 Å². The van der Waals surface area contributed by atoms with Gasteiger partial charge in [-0.2, -0.15) is 19.6 Å². The second kappa shape index (κ2) is 8.73. The highest BCUT2D eigenvalue weighted by Gasteiger charge is 2.20. The molecule has 1 unspecified atom stereocenters. The minimum atomic E-state index is -3.64. The molecule has 162 valence electrons. The Morgan fingerprint density at radius 2 is 1.94 bits per heavy atom. The van der Waals surface area contributed by atoms with Gasteiger partial charge in [0.05, 0.1) is 12.2 Å². The lowest BCUT2D eigenvalue weighted by atomic mass is 10.1. The summed E-state index contributed by atoms with van der Waals surface area (Å²) in [6.45, 7) is 5.87. The van der Waals surface area contributed by atoms with Crippen molar-refractivity contribution >= 4 is 27.3 Å². The summed E-state index contributed by atoms with van der Waals surface area (Å²) in [7, 11) is -3.64. The number of aromatic nitrogens is 4. The number of hydrogen-bond donors (Lipinski definition) is 2. The van der Waals surface area contributed by atoms with E-state index in [2.05, 4.69) is 31.6 Å². The number of fused-ring (bicyclic) bond motifs is 1. The van der Waals surface area contributed by atoms with Gasteiger partial charge in [0.25, 0.3) is 11.1 Å². The summed E-state index contributed by atoms with van der Waals surface area (Å²) >= 11 is 0. The fourth-order valence-corrected chi connectivity index (χ4v) is 3.45. The topological polar surface area (TPSA) is 118 Å². The van der Waals surface area contributed by atoms with Crippen molar-refractivity contribution < 1.29 is 13.2 Å². The highest BCUT2D eigenvalue weighted by Crippen LogP contribution is 2.22. The second-order valence-electron chi connectivity index (χ2n) is 7.46. The van der Waals surface area contributed by atoms with Crippen LogP contribution in [0.5, 0.6) is 0 Å². The maximum atomic E-state index is 12.6. The number of carbonyl (C=O) groups excluding carboxylic acids is 1. The molecule has 31 heavy (non-hydrogen) atoms. The zero-order chi connectivity index (χ0) is 22.8. The van der Waals surface area contributed by atoms with Crippen LogP contribution >= 0.6 is 0 Å². The second-order valence-corrected chi connectivity index (χ2v) is 9.37. The van der Waals surface area contributed by atoms with Crippen LogP contribution in [0.3, 0.4) is 0 Å². The fraction of sp³-hybridized carbons (Fsp3) is 0.333. The number of carbonyl (C=O) groups is 1. The molecule has 0 spiro atoms. The summed E-state index contributed by atoms with van der Waals surface area (Å²) in [5.74, 6) is 2.47. The molecule has 0 aliphatic carbocycles. The van der Waals surface area contributed by atoms with Crippen molar-refractivity contribution in [2.75, 3.05) is 11.6 Å². The third kappa shape index (κ3) is 4.83. The monoisotopic (exact) mass is 440 g/mol. The van der Waals surface area contributed by atoms with Gasteiger partial charge in [-0.05, 0) is 24.5 Å². The molecule has 1 amide bonds. The van der Waals surface area contributed by atoms with E-state index in [1.165, 1.54) is 4.52 Å². The maximum Gasteiger partial charge on any atom is 0.252 e. The minimum Gasteiger partial charge on any atom is -0.350 e. The first-order valence-electron chi connectivity index (χ1n) is 9.66. The van der Waals surface area contributed by atoms with E-state index < -0.39 is 15.9 Å². The highest BCUT2D eigenvalue weighted by molar-refractivity contribution is 7.90. The molecule has 10 heteroatoms. The predicted molar refractivity (Wildman–Crippen MR) is 118 cm³/mol. The summed E-state index contributed by atoms with van der Waals surface area (Å²) < 4.78 is 25.7. The van der Waals surface area contributed by atoms with E-state index in [4.69, 9.17) is 6.42 Å². The third-order valence-electron chi connectivity index (χ3n) is 4.63. The zero-order valence-corrected chi connectivity index (χ0v) is 18.6. The molecule has 0 bridgehead atoms. The van der Waals surface area contributed by atoms with E-state index in [1.54, 1.807) is 37.4 Å². The Bertz CT molecular complexity index is 1270. The summed E-state index contributed by atoms with van der Waals surface area (Å²) in [6.07, 6.45) is 8.05. The molecule has 1 atom stereocenters. The van der Waals surface area contributed by atoms with E-state index in [-0.39, 0.29) is 29.5 Å². The molecule has 1 aromatic carbocycles. The summed E-state index contributed by atoms with van der Waals surface area (Å²) in [5, 5.41) is 9.85. The number of hydrogen-bond acceptors (Lipinski definition) is 7. The average Bonchev–Trinajstić information content (AvgIpc) is 3.16. The van der Waals surface area contributed by atoms with Crippen LogP contribution < -0.4 is 10.6 Å². The molecule has 0 aliphatic rings. The van der Waals surface area contributed by atoms with Gasteiger partial charge >= 0.3 is 0 Å². The number of nitrogens with one attached hydrogen (secondary N) is 2. The SMILES string of the molecule is C#CC(C)NC(=O)c1ccccc1CNc1nc(S(C)(=O)=O)nc2c(C(C)C)cnn12. The molecule has 3 rings (SSSR count). The Hall–Kier alpha value is -3.45. The molecular weight excluding hydrogens is 416 g/mol. The molecule has 2 heterocycles. The summed E-state index contributed by atoms with van der Waals surface area (Å²) in [5.41, 5.74) is 2.36. The Morgan fingerprint density at radius 3 is 2.58 bits per heavy atom. The van der Waals surface area contributed by atoms with E-state index >= 15 is 0 Å². The maximum absolute atomic E-state index is 12.6. The lowest BCUT2D eigenvalue weighted by Crippen LogP contribution is -2.32. The standard InChI is InChI=1S/C21H24N6O3S/c1-6-14(4)24-19(28)16-10-8-7-9-15(16)11-22-20-26-21(31(5,29)30)25-18-17(13(2)3)12-23-27(18)20/h1,7-10,12-14H,11H2,2-5H3,(H,24,28)(H,22,25,26). The number of anilines is 1. The van der Waals surface area contributed by atoms with Gasteiger partial charge in [0.1, 0.15) is 0 Å². The fourth-order valence-electron chi connectivity index (χ4n) is 2.95. The summed E-state index contributed by atoms with van der Waals surface area (Å²) in [6, 6.07) is 6.64. The molecule has 0 aliphatic heterocycles. The first-order valence-corrected chi connectivity index (χ1v) is 11.6. The summed E-state index contributed by atoms with van der Waals surface area (Å²) in [4.78, 5) is 20.9. The number of amides is 1. The zero-order valence-electron chi connectivity index (χ0n) is 17.7. The molecule has 3 aromatic rings. The smallest absolute Gasteiger partial charge is 0.252 e. The molecule has 2 N–H and O–H groups in total. The number of nitrogens with zero attached hydrogens (tertiary/aromatic N) is 4. The highest BCUT2D eigenvalue weighted by atomic mass is 32.2. The van der Waals surface area contributed by atoms with Gasteiger partial charge in [0, 0.05) is 23.9 Å². The van der Waals surface area contributed by atoms with Gasteiger partial charge < -0.3 is 10.6 Å². The van der Waals surface area contributed by atoms with Crippen LogP contribution in [0.2, 0.25) is 0 Å². The number of sulfone groups is 1. The minimum absolute atomic E-state index is 0.0928. The van der Waals surface area contributed by atoms with Gasteiger partial charge in [-0.1, -0.05) is 38.0 Å². The van der Waals surface area contributed by atoms with E-state index in [1.807, 2.05) is 13.8 Å². The Kier molecular flexibility index (Phi) is 6.27. The van der Waals surface area contributed by atoms with Crippen LogP contribution in [0.1, 0.15) is 48.2 Å². The van der Waals surface area contributed by atoms with Crippen molar-refractivity contribution in [3.8, 4) is 12.3 Å². The van der Waals surface area contributed by atoms with Crippen molar-refractivity contribution in [2.24, 2.45) is 0 Å². The van der Waals surface area contributed by atoms with E-state index in [0.29, 0.717) is 16.8 Å². The van der Waals surface area contributed by atoms with Crippen LogP contribution in [0.4, 0.5) is 5.95 Å². The Morgan fingerprint density at radius 1 is 1.23 bits per heavy atom. The Balaban J connectivity index is 1.99. The lowest BCUT2D eigenvalue weighted by molar-refractivity contribution is 0.0947. The van der Waals surface area contributed by atoms with Gasteiger partial charge in [-0.15, -0.1) is 6.42 Å². The molecular formula is C21H24N6O3S. The first kappa shape index (κ1) is 22.2. The van der Waals surface area contributed by atoms with E-state index in [9.17, 15) is 13.2 Å². The largest absolute Gasteiger partial charge is 0.350 e. The van der Waals surface area contributed by atoms with Crippen molar-refractivity contribution in [1.82, 2.24) is 24.9 Å². The first-order chi connectivity index (χ1) is 14.6. The molecule has 2 aromatic heterocycles. The van der Waals surface area contributed by atoms with Crippen molar-refractivity contribution in [1.29, 1.82) is 0 Å². The number of rotatable bonds is 7. The van der Waals surface area contributed by atoms with Gasteiger partial charge in [-0.3, -0.25) is 4.79 Å². The Labute approximate surface area is 181 Å². The molecule has 0 fully saturated rings. The quantitative estimate of drug-likeness (QED) is 0.540. The third-order valence-corrected chi connectivity index (χ3v) is 5.47. The lowest BCUT2D eigenvalue weighted by Gasteiger charge is -2.14. The van der Waals surface area contributed by atoms with Gasteiger partial charge in [-0.25, -0.2) is 8.42 Å². The average molecular weight is 441 g/mol. The van der Waals surface area contributed by atoms with E-state index in [0.717, 1.165) is 11.8 Å². The molecule has 9 nitrogen and oxygen atoms in total. The molecule has 0 saturated carbocycles. The van der Waals surface area contributed by atoms with Crippen LogP contribution in [0.15, 0.2) is 35.6 Å². The predicted octanol–water partition coefficient (Wildman–Crippen LogP) is 2.01. The van der Waals surface area contributed by atoms with Crippen molar-refractivity contribution in [3.63, 3.8) is 0 Å². The molecule has 0 radical (unpaired) electrons. The number of terminal acetylenes is 1. The van der Waals surface area contributed by atoms with Crippen LogP contribution in [-0.2, 0) is 16.4 Å². The van der Waals surface area contributed by atoms with Crippen LogP contribution in [-0.4, -0.2) is 46.2 Å². The van der Waals surface area contributed by atoms with Gasteiger partial charge in [0.2, 0.25) is 15.8 Å². The van der Waals surface area contributed by atoms with Crippen LogP contribution in [0.25, 0.3) is 5.65 Å².